The molecule has 8 nitrogen and oxygen atoms in total. The molecule has 2 amide bonds. The highest BCUT2D eigenvalue weighted by molar-refractivity contribution is 5.91. The fraction of sp³-hybridized carbons (Fsp3) is 0.406. The standard InChI is InChI=1S/C32H40N2O6/c1-8-10-19-40-30(37)33-27(31(3,4)5)28(35)34-21-32(39-7,20-26(34)29(36)38-6)24-17-15-23(16-18-24)25-14-12-11-13-22(25)9-2/h8-9,11-18,26-27H,1-2,10,19-21H2,3-7H3,(H,33,37)/t26-,27+,32-/m0/s1. The van der Waals surface area contributed by atoms with Crippen LogP contribution in [0, 0.1) is 5.41 Å². The molecule has 0 saturated carbocycles. The Morgan fingerprint density at radius 2 is 1.77 bits per heavy atom. The van der Waals surface area contributed by atoms with Crippen molar-refractivity contribution in [2.75, 3.05) is 27.4 Å². The Hall–Kier alpha value is -3.91. The number of methoxy groups -OCH3 is 2. The van der Waals surface area contributed by atoms with E-state index >= 15 is 0 Å². The van der Waals surface area contributed by atoms with E-state index in [1.54, 1.807) is 13.2 Å². The van der Waals surface area contributed by atoms with Crippen molar-refractivity contribution in [3.8, 4) is 11.1 Å². The molecule has 1 aliphatic rings. The van der Waals surface area contributed by atoms with E-state index in [1.165, 1.54) is 12.0 Å². The third-order valence-electron chi connectivity index (χ3n) is 7.31. The Morgan fingerprint density at radius 3 is 2.35 bits per heavy atom. The quantitative estimate of drug-likeness (QED) is 0.245. The normalized spacial score (nSPS) is 19.4. The lowest BCUT2D eigenvalue weighted by molar-refractivity contribution is -0.152. The number of amides is 2. The van der Waals surface area contributed by atoms with Crippen molar-refractivity contribution in [2.24, 2.45) is 5.41 Å². The third-order valence-corrected chi connectivity index (χ3v) is 7.31. The van der Waals surface area contributed by atoms with Gasteiger partial charge in [-0.25, -0.2) is 9.59 Å². The summed E-state index contributed by atoms with van der Waals surface area (Å²) in [6.45, 7) is 13.3. The van der Waals surface area contributed by atoms with Crippen LogP contribution in [0.2, 0.25) is 0 Å². The number of nitrogens with one attached hydrogen (secondary N) is 1. The van der Waals surface area contributed by atoms with Crippen LogP contribution in [0.4, 0.5) is 4.79 Å². The summed E-state index contributed by atoms with van der Waals surface area (Å²) in [6.07, 6.45) is 3.44. The second-order valence-corrected chi connectivity index (χ2v) is 10.9. The van der Waals surface area contributed by atoms with E-state index in [4.69, 9.17) is 14.2 Å². The van der Waals surface area contributed by atoms with Crippen molar-refractivity contribution in [2.45, 2.75) is 51.3 Å². The maximum atomic E-state index is 14.0. The Bertz CT molecular complexity index is 1230. The molecule has 214 valence electrons. The van der Waals surface area contributed by atoms with E-state index in [2.05, 4.69) is 18.5 Å². The average Bonchev–Trinajstić information content (AvgIpc) is 3.36. The van der Waals surface area contributed by atoms with Crippen LogP contribution in [0.5, 0.6) is 0 Å². The molecule has 40 heavy (non-hydrogen) atoms. The number of esters is 1. The van der Waals surface area contributed by atoms with Gasteiger partial charge in [-0.05, 0) is 34.1 Å². The smallest absolute Gasteiger partial charge is 0.407 e. The molecule has 0 aliphatic carbocycles. The van der Waals surface area contributed by atoms with Crippen molar-refractivity contribution in [1.82, 2.24) is 10.2 Å². The molecule has 0 unspecified atom stereocenters. The minimum atomic E-state index is -0.960. The monoisotopic (exact) mass is 548 g/mol. The van der Waals surface area contributed by atoms with Crippen molar-refractivity contribution in [3.63, 3.8) is 0 Å². The summed E-state index contributed by atoms with van der Waals surface area (Å²) >= 11 is 0. The average molecular weight is 549 g/mol. The van der Waals surface area contributed by atoms with Gasteiger partial charge in [0.05, 0.1) is 20.3 Å². The zero-order valence-electron chi connectivity index (χ0n) is 24.1. The summed E-state index contributed by atoms with van der Waals surface area (Å²) < 4.78 is 16.3. The highest BCUT2D eigenvalue weighted by atomic mass is 16.5. The maximum Gasteiger partial charge on any atom is 0.407 e. The summed E-state index contributed by atoms with van der Waals surface area (Å²) in [5.41, 5.74) is 2.26. The van der Waals surface area contributed by atoms with Gasteiger partial charge in [0.25, 0.3) is 0 Å². The first-order valence-corrected chi connectivity index (χ1v) is 13.3. The number of benzene rings is 2. The number of nitrogens with zero attached hydrogens (tertiary/aromatic N) is 1. The van der Waals surface area contributed by atoms with Gasteiger partial charge in [0.1, 0.15) is 17.7 Å². The number of likely N-dealkylation sites (tertiary alicyclic amines) is 1. The summed E-state index contributed by atoms with van der Waals surface area (Å²) in [6, 6.07) is 14.0. The molecule has 0 bridgehead atoms. The Labute approximate surface area is 237 Å². The molecule has 2 aromatic carbocycles. The lowest BCUT2D eigenvalue weighted by atomic mass is 9.85. The van der Waals surface area contributed by atoms with Crippen LogP contribution >= 0.6 is 0 Å². The van der Waals surface area contributed by atoms with E-state index in [0.717, 1.165) is 22.3 Å². The van der Waals surface area contributed by atoms with Gasteiger partial charge in [0.15, 0.2) is 0 Å². The molecule has 1 heterocycles. The molecule has 1 N–H and O–H groups in total. The van der Waals surface area contributed by atoms with Crippen LogP contribution < -0.4 is 5.32 Å². The molecule has 1 saturated heterocycles. The molecule has 0 radical (unpaired) electrons. The number of ether oxygens (including phenoxy) is 3. The molecule has 0 aromatic heterocycles. The van der Waals surface area contributed by atoms with E-state index in [9.17, 15) is 14.4 Å². The predicted molar refractivity (Wildman–Crippen MR) is 155 cm³/mol. The fourth-order valence-corrected chi connectivity index (χ4v) is 5.03. The molecule has 3 rings (SSSR count). The molecular formula is C32H40N2O6. The Morgan fingerprint density at radius 1 is 1.10 bits per heavy atom. The molecule has 1 fully saturated rings. The van der Waals surface area contributed by atoms with Crippen LogP contribution in [0.3, 0.4) is 0 Å². The lowest BCUT2D eigenvalue weighted by Gasteiger charge is -2.35. The Kier molecular flexibility index (Phi) is 9.93. The minimum absolute atomic E-state index is 0.102. The summed E-state index contributed by atoms with van der Waals surface area (Å²) in [7, 11) is 2.86. The van der Waals surface area contributed by atoms with Crippen LogP contribution in [-0.4, -0.2) is 62.3 Å². The highest BCUT2D eigenvalue weighted by Gasteiger charge is 2.53. The predicted octanol–water partition coefficient (Wildman–Crippen LogP) is 5.33. The van der Waals surface area contributed by atoms with Crippen molar-refractivity contribution < 1.29 is 28.6 Å². The number of rotatable bonds is 10. The van der Waals surface area contributed by atoms with Gasteiger partial charge in [-0.2, -0.15) is 0 Å². The van der Waals surface area contributed by atoms with Crippen molar-refractivity contribution in [1.29, 1.82) is 0 Å². The van der Waals surface area contributed by atoms with Gasteiger partial charge in [-0.3, -0.25) is 4.79 Å². The molecule has 1 aliphatic heterocycles. The number of carbonyl (C=O) groups excluding carboxylic acids is 3. The highest BCUT2D eigenvalue weighted by Crippen LogP contribution is 2.41. The van der Waals surface area contributed by atoms with E-state index in [-0.39, 0.29) is 19.6 Å². The zero-order valence-corrected chi connectivity index (χ0v) is 24.1. The maximum absolute atomic E-state index is 14.0. The van der Waals surface area contributed by atoms with Gasteiger partial charge in [-0.1, -0.05) is 88.0 Å². The second-order valence-electron chi connectivity index (χ2n) is 10.9. The second kappa shape index (κ2) is 13.0. The van der Waals surface area contributed by atoms with Crippen LogP contribution in [0.1, 0.15) is 44.7 Å². The van der Waals surface area contributed by atoms with Crippen LogP contribution in [0.15, 0.2) is 67.8 Å². The van der Waals surface area contributed by atoms with Crippen molar-refractivity contribution in [3.05, 3.63) is 78.9 Å². The van der Waals surface area contributed by atoms with E-state index < -0.39 is 41.1 Å². The molecular weight excluding hydrogens is 508 g/mol. The topological polar surface area (TPSA) is 94.2 Å². The first kappa shape index (κ1) is 30.6. The van der Waals surface area contributed by atoms with Crippen LogP contribution in [-0.2, 0) is 29.4 Å². The summed E-state index contributed by atoms with van der Waals surface area (Å²) in [5.74, 6) is -0.968. The van der Waals surface area contributed by atoms with E-state index in [1.807, 2.05) is 75.4 Å². The van der Waals surface area contributed by atoms with Gasteiger partial charge in [0, 0.05) is 13.5 Å². The molecule has 0 spiro atoms. The number of hydrogen-bond donors (Lipinski definition) is 1. The summed E-state index contributed by atoms with van der Waals surface area (Å²) in [4.78, 5) is 40.9. The summed E-state index contributed by atoms with van der Waals surface area (Å²) in [5, 5.41) is 2.70. The minimum Gasteiger partial charge on any atom is -0.467 e. The Balaban J connectivity index is 1.94. The number of alkyl carbamates (subject to hydrolysis) is 1. The zero-order chi connectivity index (χ0) is 29.5. The van der Waals surface area contributed by atoms with Gasteiger partial charge in [0.2, 0.25) is 5.91 Å². The third kappa shape index (κ3) is 6.62. The SMILES string of the molecule is C=CCCOC(=O)N[C@H](C(=O)N1C[C@](OC)(c2ccc(-c3ccccc3C=C)cc2)C[C@H]1C(=O)OC)C(C)(C)C. The van der Waals surface area contributed by atoms with Crippen LogP contribution in [0.25, 0.3) is 17.2 Å². The largest absolute Gasteiger partial charge is 0.467 e. The van der Waals surface area contributed by atoms with Gasteiger partial charge in [-0.15, -0.1) is 6.58 Å². The molecule has 8 heteroatoms. The van der Waals surface area contributed by atoms with E-state index in [0.29, 0.717) is 6.42 Å². The van der Waals surface area contributed by atoms with Gasteiger partial charge < -0.3 is 24.4 Å². The molecule has 2 aromatic rings. The first-order chi connectivity index (χ1) is 19.0. The first-order valence-electron chi connectivity index (χ1n) is 13.3. The number of carbonyl (C=O) groups is 3. The molecule has 3 atom stereocenters. The number of hydrogen-bond acceptors (Lipinski definition) is 6. The van der Waals surface area contributed by atoms with Gasteiger partial charge >= 0.3 is 12.1 Å². The lowest BCUT2D eigenvalue weighted by Crippen LogP contribution is -2.57. The fourth-order valence-electron chi connectivity index (χ4n) is 5.03. The van der Waals surface area contributed by atoms with Crippen molar-refractivity contribution >= 4 is 24.0 Å².